The molecule has 5 heteroatoms. The Balaban J connectivity index is 2.45. The fourth-order valence-electron chi connectivity index (χ4n) is 1.29. The maximum atomic E-state index is 11.1. The van der Waals surface area contributed by atoms with Crippen LogP contribution in [0.5, 0.6) is 0 Å². The van der Waals surface area contributed by atoms with Gasteiger partial charge in [-0.1, -0.05) is 0 Å². The van der Waals surface area contributed by atoms with E-state index in [0.717, 1.165) is 0 Å². The molecule has 5 nitrogen and oxygen atoms in total. The largest absolute Gasteiger partial charge is 0.480 e. The van der Waals surface area contributed by atoms with Crippen molar-refractivity contribution in [3.63, 3.8) is 0 Å². The van der Waals surface area contributed by atoms with Crippen molar-refractivity contribution in [3.8, 4) is 0 Å². The molecule has 1 rings (SSSR count). The van der Waals surface area contributed by atoms with E-state index in [2.05, 4.69) is 5.32 Å². The van der Waals surface area contributed by atoms with Gasteiger partial charge in [-0.3, -0.25) is 19.8 Å². The van der Waals surface area contributed by atoms with Crippen LogP contribution in [0.15, 0.2) is 0 Å². The Labute approximate surface area is 70.4 Å². The highest BCUT2D eigenvalue weighted by molar-refractivity contribution is 5.86. The van der Waals surface area contributed by atoms with Gasteiger partial charge in [0.2, 0.25) is 0 Å². The van der Waals surface area contributed by atoms with E-state index in [0.29, 0.717) is 13.0 Å². The quantitative estimate of drug-likeness (QED) is 0.565. The van der Waals surface area contributed by atoms with Gasteiger partial charge in [-0.25, -0.2) is 0 Å². The van der Waals surface area contributed by atoms with Crippen molar-refractivity contribution < 1.29 is 14.7 Å². The summed E-state index contributed by atoms with van der Waals surface area (Å²) >= 11 is 0. The molecule has 0 aromatic carbocycles. The van der Waals surface area contributed by atoms with Crippen molar-refractivity contribution in [1.82, 2.24) is 10.2 Å². The van der Waals surface area contributed by atoms with E-state index >= 15 is 0 Å². The number of rotatable bonds is 3. The van der Waals surface area contributed by atoms with Crippen LogP contribution in [0.1, 0.15) is 6.42 Å². The number of hydrogen-bond donors (Lipinski definition) is 2. The Bertz CT molecular complexity index is 205. The molecule has 0 saturated carbocycles. The molecule has 0 spiro atoms. The fourth-order valence-corrected chi connectivity index (χ4v) is 1.29. The smallest absolute Gasteiger partial charge is 0.317 e. The minimum Gasteiger partial charge on any atom is -0.480 e. The zero-order valence-corrected chi connectivity index (χ0v) is 6.91. The molecule has 0 aromatic heterocycles. The Hall–Kier alpha value is -0.940. The van der Waals surface area contributed by atoms with Crippen molar-refractivity contribution in [2.45, 2.75) is 12.6 Å². The summed E-state index contributed by atoms with van der Waals surface area (Å²) in [6.45, 7) is 0.539. The molecule has 1 saturated heterocycles. The molecule has 1 unspecified atom stereocenters. The van der Waals surface area contributed by atoms with Gasteiger partial charge in [-0.05, 0) is 7.05 Å². The molecule has 1 atom stereocenters. The standard InChI is InChI=1S/C7H12N2O3/c1-9(4-6(11)12)7-5(10)2-3-8-7/h7-8H,2-4H2,1H3,(H,11,12). The first-order valence-electron chi connectivity index (χ1n) is 3.79. The lowest BCUT2D eigenvalue weighted by Crippen LogP contribution is -2.45. The first-order chi connectivity index (χ1) is 5.61. The van der Waals surface area contributed by atoms with Crippen molar-refractivity contribution >= 4 is 11.8 Å². The lowest BCUT2D eigenvalue weighted by molar-refractivity contribution is -0.139. The van der Waals surface area contributed by atoms with Gasteiger partial charge in [0.1, 0.15) is 6.17 Å². The molecule has 0 bridgehead atoms. The summed E-state index contributed by atoms with van der Waals surface area (Å²) in [7, 11) is 1.62. The number of carbonyl (C=O) groups is 2. The van der Waals surface area contributed by atoms with Gasteiger partial charge in [0.15, 0.2) is 5.78 Å². The highest BCUT2D eigenvalue weighted by Crippen LogP contribution is 2.03. The third-order valence-electron chi connectivity index (χ3n) is 1.84. The van der Waals surface area contributed by atoms with Crippen molar-refractivity contribution in [3.05, 3.63) is 0 Å². The van der Waals surface area contributed by atoms with Gasteiger partial charge in [0.25, 0.3) is 0 Å². The van der Waals surface area contributed by atoms with E-state index in [4.69, 9.17) is 5.11 Å². The molecule has 1 heterocycles. The third-order valence-corrected chi connectivity index (χ3v) is 1.84. The zero-order valence-electron chi connectivity index (χ0n) is 6.91. The van der Waals surface area contributed by atoms with Crippen LogP contribution in [0.2, 0.25) is 0 Å². The summed E-state index contributed by atoms with van der Waals surface area (Å²) in [5.74, 6) is -0.849. The predicted octanol–water partition coefficient (Wildman–Crippen LogP) is -1.11. The summed E-state index contributed by atoms with van der Waals surface area (Å²) in [6.07, 6.45) is 0.0929. The van der Waals surface area contributed by atoms with E-state index < -0.39 is 12.1 Å². The van der Waals surface area contributed by atoms with Crippen LogP contribution in [0.25, 0.3) is 0 Å². The highest BCUT2D eigenvalue weighted by atomic mass is 16.4. The molecule has 1 aliphatic rings. The monoisotopic (exact) mass is 172 g/mol. The Morgan fingerprint density at radius 1 is 1.83 bits per heavy atom. The topological polar surface area (TPSA) is 69.6 Å². The molecule has 0 aliphatic carbocycles. The molecular formula is C7H12N2O3. The van der Waals surface area contributed by atoms with Gasteiger partial charge in [0.05, 0.1) is 6.54 Å². The fraction of sp³-hybridized carbons (Fsp3) is 0.714. The summed E-state index contributed by atoms with van der Waals surface area (Å²) in [6, 6.07) is 0. The maximum absolute atomic E-state index is 11.1. The second kappa shape index (κ2) is 3.64. The van der Waals surface area contributed by atoms with Gasteiger partial charge < -0.3 is 5.11 Å². The minimum atomic E-state index is -0.918. The number of aliphatic carboxylic acids is 1. The Kier molecular flexibility index (Phi) is 2.78. The van der Waals surface area contributed by atoms with E-state index in [1.165, 1.54) is 4.90 Å². The summed E-state index contributed by atoms with van der Waals surface area (Å²) in [4.78, 5) is 22.9. The first-order valence-corrected chi connectivity index (χ1v) is 3.79. The predicted molar refractivity (Wildman–Crippen MR) is 41.7 cm³/mol. The van der Waals surface area contributed by atoms with E-state index in [9.17, 15) is 9.59 Å². The van der Waals surface area contributed by atoms with Gasteiger partial charge in [-0.15, -0.1) is 0 Å². The number of carbonyl (C=O) groups excluding carboxylic acids is 1. The van der Waals surface area contributed by atoms with Gasteiger partial charge in [0, 0.05) is 13.0 Å². The zero-order chi connectivity index (χ0) is 9.14. The lowest BCUT2D eigenvalue weighted by atomic mass is 10.3. The van der Waals surface area contributed by atoms with E-state index in [-0.39, 0.29) is 12.3 Å². The molecule has 1 fully saturated rings. The Morgan fingerprint density at radius 2 is 2.50 bits per heavy atom. The average Bonchev–Trinajstić information content (AvgIpc) is 2.33. The van der Waals surface area contributed by atoms with Crippen LogP contribution in [-0.2, 0) is 9.59 Å². The van der Waals surface area contributed by atoms with Gasteiger partial charge in [-0.2, -0.15) is 0 Å². The van der Waals surface area contributed by atoms with Crippen LogP contribution in [0.4, 0.5) is 0 Å². The number of nitrogens with zero attached hydrogens (tertiary/aromatic N) is 1. The average molecular weight is 172 g/mol. The maximum Gasteiger partial charge on any atom is 0.317 e. The second-order valence-electron chi connectivity index (χ2n) is 2.88. The van der Waals surface area contributed by atoms with Crippen LogP contribution in [0.3, 0.4) is 0 Å². The van der Waals surface area contributed by atoms with Crippen molar-refractivity contribution in [2.75, 3.05) is 20.1 Å². The molecule has 0 amide bonds. The number of nitrogens with one attached hydrogen (secondary N) is 1. The van der Waals surface area contributed by atoms with Crippen molar-refractivity contribution in [1.29, 1.82) is 0 Å². The number of ketones is 1. The van der Waals surface area contributed by atoms with Crippen molar-refractivity contribution in [2.24, 2.45) is 0 Å². The number of hydrogen-bond acceptors (Lipinski definition) is 4. The number of likely N-dealkylation sites (N-methyl/N-ethyl adjacent to an activating group) is 1. The summed E-state index contributed by atoms with van der Waals surface area (Å²) in [5.41, 5.74) is 0. The molecule has 0 radical (unpaired) electrons. The number of carboxylic acid groups (broad SMARTS) is 1. The minimum absolute atomic E-state index is 0.0683. The normalized spacial score (nSPS) is 23.5. The van der Waals surface area contributed by atoms with Crippen LogP contribution >= 0.6 is 0 Å². The second-order valence-corrected chi connectivity index (χ2v) is 2.88. The summed E-state index contributed by atoms with van der Waals surface area (Å²) < 4.78 is 0. The molecule has 1 aliphatic heterocycles. The molecule has 12 heavy (non-hydrogen) atoms. The molecule has 0 aromatic rings. The van der Waals surface area contributed by atoms with Crippen LogP contribution in [0, 0.1) is 0 Å². The first kappa shape index (κ1) is 9.15. The van der Waals surface area contributed by atoms with Crippen LogP contribution < -0.4 is 5.32 Å². The van der Waals surface area contributed by atoms with E-state index in [1.807, 2.05) is 0 Å². The molecular weight excluding hydrogens is 160 g/mol. The number of Topliss-reactive ketones (excluding diaryl/α,β-unsaturated/α-hetero) is 1. The SMILES string of the molecule is CN(CC(=O)O)C1NCCC1=O. The number of carboxylic acids is 1. The van der Waals surface area contributed by atoms with E-state index in [1.54, 1.807) is 7.05 Å². The highest BCUT2D eigenvalue weighted by Gasteiger charge is 2.28. The molecule has 68 valence electrons. The lowest BCUT2D eigenvalue weighted by Gasteiger charge is -2.20. The Morgan fingerprint density at radius 3 is 2.92 bits per heavy atom. The molecule has 2 N–H and O–H groups in total. The summed E-state index contributed by atoms with van der Waals surface area (Å²) in [5, 5.41) is 11.4. The van der Waals surface area contributed by atoms with Gasteiger partial charge >= 0.3 is 5.97 Å². The third kappa shape index (κ3) is 2.02. The van der Waals surface area contributed by atoms with Crippen LogP contribution in [-0.4, -0.2) is 48.1 Å².